The quantitative estimate of drug-likeness (QED) is 0.577. The first-order valence-electron chi connectivity index (χ1n) is 6.73. The molecule has 0 unspecified atom stereocenters. The average molecular weight is 266 g/mol. The topological polar surface area (TPSA) is 55.8 Å². The van der Waals surface area contributed by atoms with E-state index in [2.05, 4.69) is 6.92 Å². The van der Waals surface area contributed by atoms with Crippen LogP contribution in [-0.4, -0.2) is 24.1 Å². The van der Waals surface area contributed by atoms with Crippen LogP contribution in [0.15, 0.2) is 12.1 Å². The molecule has 1 N–H and O–H groups in total. The largest absolute Gasteiger partial charge is 0.507 e. The van der Waals surface area contributed by atoms with E-state index in [0.29, 0.717) is 24.7 Å². The highest BCUT2D eigenvalue weighted by Gasteiger charge is 2.16. The van der Waals surface area contributed by atoms with E-state index in [1.807, 2.05) is 6.92 Å². The molecule has 0 bridgehead atoms. The maximum absolute atomic E-state index is 11.5. The molecule has 0 radical (unpaired) electrons. The van der Waals surface area contributed by atoms with Crippen LogP contribution in [0, 0.1) is 0 Å². The number of ether oxygens (including phenoxy) is 2. The Hall–Kier alpha value is -1.71. The van der Waals surface area contributed by atoms with Crippen LogP contribution in [0.25, 0.3) is 0 Å². The second-order valence-corrected chi connectivity index (χ2v) is 4.36. The highest BCUT2D eigenvalue weighted by Crippen LogP contribution is 2.34. The standard InChI is InChI=1S/C15H22O4/c1-4-6-7-8-19-12-9-13(17)15(11(3)16)14(10-12)18-5-2/h9-10,17H,4-8H2,1-3H3. The maximum atomic E-state index is 11.5. The van der Waals surface area contributed by atoms with E-state index < -0.39 is 0 Å². The van der Waals surface area contributed by atoms with E-state index in [4.69, 9.17) is 9.47 Å². The molecule has 19 heavy (non-hydrogen) atoms. The Morgan fingerprint density at radius 1 is 1.21 bits per heavy atom. The molecule has 0 atom stereocenters. The van der Waals surface area contributed by atoms with Crippen molar-refractivity contribution in [3.8, 4) is 17.2 Å². The lowest BCUT2D eigenvalue weighted by molar-refractivity contribution is 0.101. The predicted octanol–water partition coefficient (Wildman–Crippen LogP) is 3.56. The van der Waals surface area contributed by atoms with Crippen LogP contribution >= 0.6 is 0 Å². The number of Topliss-reactive ketones (excluding diaryl/α,β-unsaturated/α-hetero) is 1. The summed E-state index contributed by atoms with van der Waals surface area (Å²) in [4.78, 5) is 11.5. The summed E-state index contributed by atoms with van der Waals surface area (Å²) in [5.41, 5.74) is 0.211. The molecule has 4 nitrogen and oxygen atoms in total. The van der Waals surface area contributed by atoms with Gasteiger partial charge in [0.25, 0.3) is 0 Å². The molecule has 0 aliphatic rings. The number of hydrogen-bond acceptors (Lipinski definition) is 4. The van der Waals surface area contributed by atoms with Gasteiger partial charge in [-0.05, 0) is 20.3 Å². The molecule has 0 spiro atoms. The van der Waals surface area contributed by atoms with Crippen LogP contribution in [0.4, 0.5) is 0 Å². The lowest BCUT2D eigenvalue weighted by Crippen LogP contribution is -2.03. The third-order valence-corrected chi connectivity index (χ3v) is 2.72. The fourth-order valence-electron chi connectivity index (χ4n) is 1.82. The van der Waals surface area contributed by atoms with Crippen LogP contribution in [0.2, 0.25) is 0 Å². The fourth-order valence-corrected chi connectivity index (χ4v) is 1.82. The van der Waals surface area contributed by atoms with Gasteiger partial charge in [-0.1, -0.05) is 19.8 Å². The second-order valence-electron chi connectivity index (χ2n) is 4.36. The number of carbonyl (C=O) groups is 1. The first kappa shape index (κ1) is 15.3. The zero-order valence-corrected chi connectivity index (χ0v) is 11.9. The molecule has 0 saturated carbocycles. The number of phenols is 1. The second kappa shape index (κ2) is 7.67. The summed E-state index contributed by atoms with van der Waals surface area (Å²) in [6.45, 7) is 6.38. The zero-order valence-electron chi connectivity index (χ0n) is 11.9. The number of hydrogen-bond donors (Lipinski definition) is 1. The smallest absolute Gasteiger partial charge is 0.167 e. The third kappa shape index (κ3) is 4.47. The minimum absolute atomic E-state index is 0.0936. The molecule has 106 valence electrons. The van der Waals surface area contributed by atoms with E-state index >= 15 is 0 Å². The molecular formula is C15H22O4. The van der Waals surface area contributed by atoms with Gasteiger partial charge in [-0.15, -0.1) is 0 Å². The van der Waals surface area contributed by atoms with Crippen molar-refractivity contribution in [3.05, 3.63) is 17.7 Å². The molecule has 4 heteroatoms. The fraction of sp³-hybridized carbons (Fsp3) is 0.533. The molecule has 0 aromatic heterocycles. The maximum Gasteiger partial charge on any atom is 0.167 e. The lowest BCUT2D eigenvalue weighted by Gasteiger charge is -2.13. The zero-order chi connectivity index (χ0) is 14.3. The molecule has 1 aromatic carbocycles. The monoisotopic (exact) mass is 266 g/mol. The van der Waals surface area contributed by atoms with Crippen LogP contribution in [0.1, 0.15) is 50.4 Å². The number of ketones is 1. The number of aromatic hydroxyl groups is 1. The predicted molar refractivity (Wildman–Crippen MR) is 74.3 cm³/mol. The molecule has 0 fully saturated rings. The Balaban J connectivity index is 2.87. The van der Waals surface area contributed by atoms with Gasteiger partial charge in [-0.3, -0.25) is 4.79 Å². The van der Waals surface area contributed by atoms with E-state index in [9.17, 15) is 9.90 Å². The van der Waals surface area contributed by atoms with E-state index in [0.717, 1.165) is 19.3 Å². The third-order valence-electron chi connectivity index (χ3n) is 2.72. The van der Waals surface area contributed by atoms with Crippen molar-refractivity contribution < 1.29 is 19.4 Å². The van der Waals surface area contributed by atoms with E-state index in [1.54, 1.807) is 6.07 Å². The van der Waals surface area contributed by atoms with Crippen molar-refractivity contribution in [1.29, 1.82) is 0 Å². The normalized spacial score (nSPS) is 10.3. The summed E-state index contributed by atoms with van der Waals surface area (Å²) in [7, 11) is 0. The first-order valence-corrected chi connectivity index (χ1v) is 6.73. The van der Waals surface area contributed by atoms with Gasteiger partial charge in [0.1, 0.15) is 22.8 Å². The van der Waals surface area contributed by atoms with Crippen molar-refractivity contribution in [1.82, 2.24) is 0 Å². The van der Waals surface area contributed by atoms with E-state index in [1.165, 1.54) is 13.0 Å². The summed E-state index contributed by atoms with van der Waals surface area (Å²) < 4.78 is 10.9. The van der Waals surface area contributed by atoms with Crippen LogP contribution in [0.5, 0.6) is 17.2 Å². The summed E-state index contributed by atoms with van der Waals surface area (Å²) >= 11 is 0. The van der Waals surface area contributed by atoms with Gasteiger partial charge in [0.15, 0.2) is 5.78 Å². The molecule has 0 aliphatic heterocycles. The van der Waals surface area contributed by atoms with Gasteiger partial charge >= 0.3 is 0 Å². The summed E-state index contributed by atoms with van der Waals surface area (Å²) in [6.07, 6.45) is 3.20. The van der Waals surface area contributed by atoms with Crippen molar-refractivity contribution >= 4 is 5.78 Å². The number of phenolic OH excluding ortho intramolecular Hbond substituents is 1. The van der Waals surface area contributed by atoms with Crippen LogP contribution in [0.3, 0.4) is 0 Å². The van der Waals surface area contributed by atoms with Crippen molar-refractivity contribution in [2.75, 3.05) is 13.2 Å². The number of unbranched alkanes of at least 4 members (excludes halogenated alkanes) is 2. The molecule has 0 saturated heterocycles. The van der Waals surface area contributed by atoms with Crippen LogP contribution in [-0.2, 0) is 0 Å². The average Bonchev–Trinajstić information content (AvgIpc) is 2.34. The summed E-state index contributed by atoms with van der Waals surface area (Å²) in [5.74, 6) is 0.588. The van der Waals surface area contributed by atoms with Gasteiger partial charge in [-0.2, -0.15) is 0 Å². The Kier molecular flexibility index (Phi) is 6.19. The molecular weight excluding hydrogens is 244 g/mol. The first-order chi connectivity index (χ1) is 9.10. The number of rotatable bonds is 8. The Labute approximate surface area is 114 Å². The minimum atomic E-state index is -0.224. The lowest BCUT2D eigenvalue weighted by atomic mass is 10.1. The highest BCUT2D eigenvalue weighted by molar-refractivity contribution is 5.99. The molecule has 1 rings (SSSR count). The Bertz CT molecular complexity index is 426. The SMILES string of the molecule is CCCCCOc1cc(O)c(C(C)=O)c(OCC)c1. The summed E-state index contributed by atoms with van der Waals surface area (Å²) in [6, 6.07) is 3.12. The molecule has 0 aliphatic carbocycles. The van der Waals surface area contributed by atoms with Gasteiger partial charge < -0.3 is 14.6 Å². The Morgan fingerprint density at radius 2 is 1.95 bits per heavy atom. The van der Waals surface area contributed by atoms with Gasteiger partial charge in [0.2, 0.25) is 0 Å². The molecule has 1 aromatic rings. The van der Waals surface area contributed by atoms with Gasteiger partial charge in [-0.25, -0.2) is 0 Å². The molecule has 0 heterocycles. The Morgan fingerprint density at radius 3 is 2.53 bits per heavy atom. The minimum Gasteiger partial charge on any atom is -0.507 e. The van der Waals surface area contributed by atoms with Crippen molar-refractivity contribution in [2.45, 2.75) is 40.0 Å². The van der Waals surface area contributed by atoms with Crippen LogP contribution < -0.4 is 9.47 Å². The summed E-state index contributed by atoms with van der Waals surface area (Å²) in [5, 5.41) is 9.89. The highest BCUT2D eigenvalue weighted by atomic mass is 16.5. The van der Waals surface area contributed by atoms with Gasteiger partial charge in [0, 0.05) is 12.1 Å². The molecule has 0 amide bonds. The number of benzene rings is 1. The van der Waals surface area contributed by atoms with Gasteiger partial charge in [0.05, 0.1) is 13.2 Å². The number of carbonyl (C=O) groups excluding carboxylic acids is 1. The van der Waals surface area contributed by atoms with Crippen molar-refractivity contribution in [3.63, 3.8) is 0 Å². The van der Waals surface area contributed by atoms with E-state index in [-0.39, 0.29) is 17.1 Å². The van der Waals surface area contributed by atoms with Crippen molar-refractivity contribution in [2.24, 2.45) is 0 Å².